The molecular weight excluding hydrogens is 244 g/mol. The monoisotopic (exact) mass is 270 g/mol. The zero-order valence-corrected chi connectivity index (χ0v) is 12.6. The molecule has 2 amide bonds. The van der Waals surface area contributed by atoms with Crippen LogP contribution in [-0.2, 0) is 4.79 Å². The molecule has 1 atom stereocenters. The molecule has 1 aliphatic rings. The maximum atomic E-state index is 12.3. The molecule has 1 saturated carbocycles. The Kier molecular flexibility index (Phi) is 4.82. The number of carbonyl (C=O) groups is 2. The molecule has 0 aromatic rings. The lowest BCUT2D eigenvalue weighted by Gasteiger charge is -2.33. The molecule has 0 saturated heterocycles. The standard InChI is InChI=1S/C14H26N2O3/c1-9(2)8-16(10(3)4)13(19)15-14(5,12(17)18)11-6-7-11/h9-11H,6-8H2,1-5H3,(H,15,19)(H,17,18). The van der Waals surface area contributed by atoms with Crippen LogP contribution in [0.15, 0.2) is 0 Å². The molecular formula is C14H26N2O3. The van der Waals surface area contributed by atoms with Crippen LogP contribution in [0.5, 0.6) is 0 Å². The second-order valence-corrected chi connectivity index (χ2v) is 6.35. The van der Waals surface area contributed by atoms with Crippen molar-refractivity contribution in [1.29, 1.82) is 0 Å². The van der Waals surface area contributed by atoms with Crippen molar-refractivity contribution >= 4 is 12.0 Å². The lowest BCUT2D eigenvalue weighted by molar-refractivity contribution is -0.144. The van der Waals surface area contributed by atoms with Gasteiger partial charge in [0, 0.05) is 12.6 Å². The van der Waals surface area contributed by atoms with Crippen molar-refractivity contribution in [2.24, 2.45) is 11.8 Å². The fourth-order valence-corrected chi connectivity index (χ4v) is 2.21. The first-order valence-corrected chi connectivity index (χ1v) is 7.00. The number of hydrogen-bond acceptors (Lipinski definition) is 2. The highest BCUT2D eigenvalue weighted by molar-refractivity contribution is 5.86. The maximum Gasteiger partial charge on any atom is 0.329 e. The number of carboxylic acid groups (broad SMARTS) is 1. The number of rotatable bonds is 6. The van der Waals surface area contributed by atoms with Gasteiger partial charge < -0.3 is 15.3 Å². The summed E-state index contributed by atoms with van der Waals surface area (Å²) < 4.78 is 0. The van der Waals surface area contributed by atoms with Gasteiger partial charge in [-0.05, 0) is 45.4 Å². The molecule has 0 aromatic heterocycles. The molecule has 0 bridgehead atoms. The van der Waals surface area contributed by atoms with Gasteiger partial charge in [0.15, 0.2) is 0 Å². The fraction of sp³-hybridized carbons (Fsp3) is 0.857. The van der Waals surface area contributed by atoms with Gasteiger partial charge in [-0.1, -0.05) is 13.8 Å². The average Bonchev–Trinajstić information content (AvgIpc) is 3.08. The van der Waals surface area contributed by atoms with Gasteiger partial charge in [-0.2, -0.15) is 0 Å². The first-order valence-electron chi connectivity index (χ1n) is 7.00. The second-order valence-electron chi connectivity index (χ2n) is 6.35. The predicted octanol–water partition coefficient (Wildman–Crippen LogP) is 2.32. The third-order valence-corrected chi connectivity index (χ3v) is 3.65. The van der Waals surface area contributed by atoms with Gasteiger partial charge in [0.05, 0.1) is 0 Å². The zero-order chi connectivity index (χ0) is 14.8. The van der Waals surface area contributed by atoms with Gasteiger partial charge >= 0.3 is 12.0 Å². The van der Waals surface area contributed by atoms with Crippen LogP contribution in [0, 0.1) is 11.8 Å². The summed E-state index contributed by atoms with van der Waals surface area (Å²) in [5.74, 6) is -0.538. The maximum absolute atomic E-state index is 12.3. The number of nitrogens with zero attached hydrogens (tertiary/aromatic N) is 1. The highest BCUT2D eigenvalue weighted by Gasteiger charge is 2.49. The molecule has 0 heterocycles. The van der Waals surface area contributed by atoms with Gasteiger partial charge in [-0.3, -0.25) is 0 Å². The number of hydrogen-bond donors (Lipinski definition) is 2. The highest BCUT2D eigenvalue weighted by atomic mass is 16.4. The minimum atomic E-state index is -1.14. The Hall–Kier alpha value is -1.26. The van der Waals surface area contributed by atoms with Gasteiger partial charge in [0.1, 0.15) is 5.54 Å². The third kappa shape index (κ3) is 3.85. The smallest absolute Gasteiger partial charge is 0.329 e. The van der Waals surface area contributed by atoms with Gasteiger partial charge in [-0.15, -0.1) is 0 Å². The van der Waals surface area contributed by atoms with Crippen molar-refractivity contribution in [3.8, 4) is 0 Å². The van der Waals surface area contributed by atoms with Crippen LogP contribution in [0.3, 0.4) is 0 Å². The van der Waals surface area contributed by atoms with Crippen molar-refractivity contribution in [3.05, 3.63) is 0 Å². The Balaban J connectivity index is 2.77. The van der Waals surface area contributed by atoms with Gasteiger partial charge in [0.25, 0.3) is 0 Å². The molecule has 1 fully saturated rings. The van der Waals surface area contributed by atoms with Crippen LogP contribution in [0.4, 0.5) is 4.79 Å². The predicted molar refractivity (Wildman–Crippen MR) is 74.0 cm³/mol. The van der Waals surface area contributed by atoms with E-state index in [4.69, 9.17) is 0 Å². The summed E-state index contributed by atoms with van der Waals surface area (Å²) in [6, 6.07) is -0.222. The number of carboxylic acids is 1. The molecule has 0 radical (unpaired) electrons. The molecule has 1 rings (SSSR count). The fourth-order valence-electron chi connectivity index (χ4n) is 2.21. The summed E-state index contributed by atoms with van der Waals surface area (Å²) >= 11 is 0. The van der Waals surface area contributed by atoms with Crippen LogP contribution in [-0.4, -0.2) is 40.1 Å². The number of nitrogens with one attached hydrogen (secondary N) is 1. The van der Waals surface area contributed by atoms with E-state index < -0.39 is 11.5 Å². The van der Waals surface area contributed by atoms with E-state index in [1.165, 1.54) is 0 Å². The summed E-state index contributed by atoms with van der Waals surface area (Å²) in [6.07, 6.45) is 1.74. The van der Waals surface area contributed by atoms with Gasteiger partial charge in [0.2, 0.25) is 0 Å². The molecule has 0 aliphatic heterocycles. The number of amides is 2. The van der Waals surface area contributed by atoms with Crippen LogP contribution >= 0.6 is 0 Å². The quantitative estimate of drug-likeness (QED) is 0.778. The minimum absolute atomic E-state index is 0.0552. The summed E-state index contributed by atoms with van der Waals surface area (Å²) in [4.78, 5) is 25.4. The minimum Gasteiger partial charge on any atom is -0.480 e. The van der Waals surface area contributed by atoms with Crippen molar-refractivity contribution < 1.29 is 14.7 Å². The van der Waals surface area contributed by atoms with E-state index in [1.807, 2.05) is 27.7 Å². The molecule has 0 spiro atoms. The molecule has 0 aromatic carbocycles. The Morgan fingerprint density at radius 1 is 1.32 bits per heavy atom. The Bertz CT molecular complexity index is 351. The molecule has 5 heteroatoms. The Morgan fingerprint density at radius 3 is 2.16 bits per heavy atom. The van der Waals surface area contributed by atoms with E-state index in [-0.39, 0.29) is 18.0 Å². The first-order chi connectivity index (χ1) is 8.68. The lowest BCUT2D eigenvalue weighted by atomic mass is 9.96. The largest absolute Gasteiger partial charge is 0.480 e. The zero-order valence-electron chi connectivity index (χ0n) is 12.6. The highest BCUT2D eigenvalue weighted by Crippen LogP contribution is 2.39. The molecule has 2 N–H and O–H groups in total. The van der Waals surface area contributed by atoms with E-state index in [0.29, 0.717) is 12.5 Å². The van der Waals surface area contributed by atoms with Crippen molar-refractivity contribution in [2.75, 3.05) is 6.54 Å². The summed E-state index contributed by atoms with van der Waals surface area (Å²) in [5.41, 5.74) is -1.14. The topological polar surface area (TPSA) is 69.6 Å². The summed E-state index contributed by atoms with van der Waals surface area (Å²) in [5, 5.41) is 12.1. The molecule has 1 aliphatic carbocycles. The summed E-state index contributed by atoms with van der Waals surface area (Å²) in [7, 11) is 0. The van der Waals surface area contributed by atoms with E-state index in [2.05, 4.69) is 5.32 Å². The SMILES string of the molecule is CC(C)CN(C(=O)NC(C)(C(=O)O)C1CC1)C(C)C. The Morgan fingerprint density at radius 2 is 1.84 bits per heavy atom. The number of carbonyl (C=O) groups excluding carboxylic acids is 1. The molecule has 1 unspecified atom stereocenters. The summed E-state index contributed by atoms with van der Waals surface area (Å²) in [6.45, 7) is 10.2. The van der Waals surface area contributed by atoms with Crippen LogP contribution < -0.4 is 5.32 Å². The Labute approximate surface area is 115 Å². The second kappa shape index (κ2) is 5.80. The lowest BCUT2D eigenvalue weighted by Crippen LogP contribution is -2.59. The number of aliphatic carboxylic acids is 1. The first kappa shape index (κ1) is 15.8. The van der Waals surface area contributed by atoms with Crippen molar-refractivity contribution in [1.82, 2.24) is 10.2 Å². The van der Waals surface area contributed by atoms with Crippen molar-refractivity contribution in [2.45, 2.75) is 59.0 Å². The van der Waals surface area contributed by atoms with Crippen LogP contribution in [0.2, 0.25) is 0 Å². The van der Waals surface area contributed by atoms with Crippen LogP contribution in [0.1, 0.15) is 47.5 Å². The number of urea groups is 1. The molecule has 110 valence electrons. The van der Waals surface area contributed by atoms with E-state index >= 15 is 0 Å². The molecule has 5 nitrogen and oxygen atoms in total. The van der Waals surface area contributed by atoms with Gasteiger partial charge in [-0.25, -0.2) is 9.59 Å². The van der Waals surface area contributed by atoms with E-state index in [1.54, 1.807) is 11.8 Å². The normalized spacial score (nSPS) is 18.3. The van der Waals surface area contributed by atoms with Crippen LogP contribution in [0.25, 0.3) is 0 Å². The average molecular weight is 270 g/mol. The third-order valence-electron chi connectivity index (χ3n) is 3.65. The van der Waals surface area contributed by atoms with E-state index in [9.17, 15) is 14.7 Å². The molecule has 19 heavy (non-hydrogen) atoms. The van der Waals surface area contributed by atoms with Crippen molar-refractivity contribution in [3.63, 3.8) is 0 Å². The van der Waals surface area contributed by atoms with E-state index in [0.717, 1.165) is 12.8 Å².